The zero-order valence-electron chi connectivity index (χ0n) is 11.7. The fourth-order valence-corrected chi connectivity index (χ4v) is 2.90. The van der Waals surface area contributed by atoms with Crippen molar-refractivity contribution >= 4 is 17.7 Å². The zero-order chi connectivity index (χ0) is 13.8. The molecule has 1 atom stereocenters. The molecule has 7 heteroatoms. The maximum Gasteiger partial charge on any atom is 0.276 e. The van der Waals surface area contributed by atoms with Gasteiger partial charge in [-0.1, -0.05) is 12.1 Å². The normalized spacial score (nSPS) is 17.0. The lowest BCUT2D eigenvalue weighted by Crippen LogP contribution is -2.43. The molecule has 19 heavy (non-hydrogen) atoms. The number of carbonyl (C=O) groups excluding carboxylic acids is 1. The van der Waals surface area contributed by atoms with Crippen LogP contribution in [-0.2, 0) is 0 Å². The van der Waals surface area contributed by atoms with Gasteiger partial charge in [0.1, 0.15) is 0 Å². The second-order valence-corrected chi connectivity index (χ2v) is 5.74. The minimum Gasteiger partial charge on any atom is -0.336 e. The van der Waals surface area contributed by atoms with E-state index in [1.54, 1.807) is 27.5 Å². The molecule has 0 bridgehead atoms. The van der Waals surface area contributed by atoms with E-state index in [4.69, 9.17) is 0 Å². The molecule has 1 aliphatic rings. The van der Waals surface area contributed by atoms with Gasteiger partial charge in [-0.15, -0.1) is 5.10 Å². The molecule has 1 unspecified atom stereocenters. The molecule has 1 fully saturated rings. The highest BCUT2D eigenvalue weighted by Gasteiger charge is 2.25. The van der Waals surface area contributed by atoms with Crippen LogP contribution in [0.15, 0.2) is 6.20 Å². The lowest BCUT2D eigenvalue weighted by atomic mass is 10.2. The fraction of sp³-hybridized carbons (Fsp3) is 0.750. The summed E-state index contributed by atoms with van der Waals surface area (Å²) in [7, 11) is 1.84. The average Bonchev–Trinajstić information content (AvgIpc) is 2.81. The van der Waals surface area contributed by atoms with Crippen molar-refractivity contribution in [2.75, 3.05) is 32.1 Å². The zero-order valence-corrected chi connectivity index (χ0v) is 12.5. The Kier molecular flexibility index (Phi) is 4.81. The second-order valence-electron chi connectivity index (χ2n) is 4.83. The lowest BCUT2D eigenvalue weighted by Gasteiger charge is -2.27. The summed E-state index contributed by atoms with van der Waals surface area (Å²) < 4.78 is 1.78. The monoisotopic (exact) mass is 283 g/mol. The Bertz CT molecular complexity index is 432. The molecule has 2 heterocycles. The summed E-state index contributed by atoms with van der Waals surface area (Å²) in [5, 5.41) is 11.2. The van der Waals surface area contributed by atoms with E-state index in [9.17, 15) is 4.79 Å². The second kappa shape index (κ2) is 6.38. The van der Waals surface area contributed by atoms with Gasteiger partial charge in [0.25, 0.3) is 5.91 Å². The molecule has 1 aromatic heterocycles. The first kappa shape index (κ1) is 14.3. The molecule has 0 saturated carbocycles. The van der Waals surface area contributed by atoms with Crippen LogP contribution in [0.5, 0.6) is 0 Å². The van der Waals surface area contributed by atoms with Gasteiger partial charge in [-0.3, -0.25) is 4.79 Å². The van der Waals surface area contributed by atoms with Gasteiger partial charge in [-0.05, 0) is 12.7 Å². The summed E-state index contributed by atoms with van der Waals surface area (Å²) in [5.74, 6) is 0.902. The Morgan fingerprint density at radius 1 is 1.68 bits per heavy atom. The van der Waals surface area contributed by atoms with Crippen LogP contribution in [0, 0.1) is 0 Å². The van der Waals surface area contributed by atoms with Crippen LogP contribution in [0.1, 0.15) is 29.9 Å². The largest absolute Gasteiger partial charge is 0.336 e. The number of nitrogens with one attached hydrogen (secondary N) is 1. The summed E-state index contributed by atoms with van der Waals surface area (Å²) in [5.41, 5.74) is 0.439. The van der Waals surface area contributed by atoms with Crippen molar-refractivity contribution < 1.29 is 4.79 Å². The molecule has 1 N–H and O–H groups in total. The first-order chi connectivity index (χ1) is 9.17. The summed E-state index contributed by atoms with van der Waals surface area (Å²) in [6.45, 7) is 3.90. The van der Waals surface area contributed by atoms with Crippen molar-refractivity contribution in [3.8, 4) is 0 Å². The highest BCUT2D eigenvalue weighted by Crippen LogP contribution is 2.13. The van der Waals surface area contributed by atoms with Crippen LogP contribution in [-0.4, -0.2) is 64.0 Å². The predicted octanol–water partition coefficient (Wildman–Crippen LogP) is 0.636. The van der Waals surface area contributed by atoms with Crippen LogP contribution in [0.2, 0.25) is 0 Å². The van der Waals surface area contributed by atoms with Gasteiger partial charge in [-0.25, -0.2) is 4.68 Å². The standard InChI is InChI=1S/C12H21N5OS/c1-4-9(8-19-3)16(2)12(18)11-7-17(15-14-11)10-5-13-6-10/h7,9-10,13H,4-6,8H2,1-3H3. The number of rotatable bonds is 6. The van der Waals surface area contributed by atoms with E-state index in [1.807, 2.05) is 7.05 Å². The molecular weight excluding hydrogens is 262 g/mol. The fourth-order valence-electron chi connectivity index (χ4n) is 2.06. The van der Waals surface area contributed by atoms with Crippen molar-refractivity contribution in [3.63, 3.8) is 0 Å². The van der Waals surface area contributed by atoms with Crippen molar-refractivity contribution in [1.29, 1.82) is 0 Å². The predicted molar refractivity (Wildman–Crippen MR) is 76.5 cm³/mol. The molecule has 1 aromatic rings. The van der Waals surface area contributed by atoms with Crippen molar-refractivity contribution in [3.05, 3.63) is 11.9 Å². The molecule has 6 nitrogen and oxygen atoms in total. The lowest BCUT2D eigenvalue weighted by molar-refractivity contribution is 0.0737. The Morgan fingerprint density at radius 2 is 2.42 bits per heavy atom. The van der Waals surface area contributed by atoms with Gasteiger partial charge in [0.05, 0.1) is 12.2 Å². The molecule has 1 amide bonds. The molecule has 2 rings (SSSR count). The van der Waals surface area contributed by atoms with Crippen molar-refractivity contribution in [2.45, 2.75) is 25.4 Å². The van der Waals surface area contributed by atoms with E-state index in [0.717, 1.165) is 25.3 Å². The summed E-state index contributed by atoms with van der Waals surface area (Å²) in [6.07, 6.45) is 4.76. The molecule has 1 aliphatic heterocycles. The molecule has 1 saturated heterocycles. The highest BCUT2D eigenvalue weighted by atomic mass is 32.2. The van der Waals surface area contributed by atoms with Gasteiger partial charge in [0.2, 0.25) is 0 Å². The molecule has 0 aliphatic carbocycles. The Morgan fingerprint density at radius 3 is 2.95 bits per heavy atom. The van der Waals surface area contributed by atoms with Crippen LogP contribution in [0.3, 0.4) is 0 Å². The van der Waals surface area contributed by atoms with Gasteiger partial charge in [-0.2, -0.15) is 11.8 Å². The third-order valence-electron chi connectivity index (χ3n) is 3.56. The maximum absolute atomic E-state index is 12.3. The van der Waals surface area contributed by atoms with Crippen LogP contribution < -0.4 is 5.32 Å². The third kappa shape index (κ3) is 3.09. The SMILES string of the molecule is CCC(CSC)N(C)C(=O)c1cn(C2CNC2)nn1. The van der Waals surface area contributed by atoms with E-state index in [-0.39, 0.29) is 11.9 Å². The first-order valence-electron chi connectivity index (χ1n) is 6.56. The van der Waals surface area contributed by atoms with E-state index in [2.05, 4.69) is 28.8 Å². The highest BCUT2D eigenvalue weighted by molar-refractivity contribution is 7.98. The van der Waals surface area contributed by atoms with E-state index in [0.29, 0.717) is 11.7 Å². The van der Waals surface area contributed by atoms with E-state index in [1.165, 1.54) is 0 Å². The number of aromatic nitrogens is 3. The minimum absolute atomic E-state index is 0.0422. The van der Waals surface area contributed by atoms with Gasteiger partial charge >= 0.3 is 0 Å². The topological polar surface area (TPSA) is 63.1 Å². The van der Waals surface area contributed by atoms with E-state index < -0.39 is 0 Å². The molecule has 0 spiro atoms. The minimum atomic E-state index is -0.0422. The number of carbonyl (C=O) groups is 1. The Balaban J connectivity index is 2.03. The summed E-state index contributed by atoms with van der Waals surface area (Å²) >= 11 is 1.75. The molecule has 106 valence electrons. The van der Waals surface area contributed by atoms with Crippen molar-refractivity contribution in [2.24, 2.45) is 0 Å². The first-order valence-corrected chi connectivity index (χ1v) is 7.95. The smallest absolute Gasteiger partial charge is 0.276 e. The number of amides is 1. The van der Waals surface area contributed by atoms with Gasteiger partial charge < -0.3 is 10.2 Å². The van der Waals surface area contributed by atoms with Crippen LogP contribution >= 0.6 is 11.8 Å². The van der Waals surface area contributed by atoms with Crippen LogP contribution in [0.25, 0.3) is 0 Å². The van der Waals surface area contributed by atoms with Gasteiger partial charge in [0, 0.05) is 31.9 Å². The van der Waals surface area contributed by atoms with Crippen LogP contribution in [0.4, 0.5) is 0 Å². The average molecular weight is 283 g/mol. The number of nitrogens with zero attached hydrogens (tertiary/aromatic N) is 4. The molecule has 0 aromatic carbocycles. The molecule has 0 radical (unpaired) electrons. The van der Waals surface area contributed by atoms with E-state index >= 15 is 0 Å². The third-order valence-corrected chi connectivity index (χ3v) is 4.28. The summed E-state index contributed by atoms with van der Waals surface area (Å²) in [4.78, 5) is 14.1. The van der Waals surface area contributed by atoms with Crippen molar-refractivity contribution in [1.82, 2.24) is 25.2 Å². The summed E-state index contributed by atoms with van der Waals surface area (Å²) in [6, 6.07) is 0.588. The number of thioether (sulfide) groups is 1. The number of hydrogen-bond acceptors (Lipinski definition) is 5. The molecular formula is C12H21N5OS. The Hall–Kier alpha value is -1.08. The Labute approximate surface area is 117 Å². The van der Waals surface area contributed by atoms with Gasteiger partial charge in [0.15, 0.2) is 5.69 Å². The number of hydrogen-bond donors (Lipinski definition) is 1. The maximum atomic E-state index is 12.3. The quantitative estimate of drug-likeness (QED) is 0.830.